The minimum atomic E-state index is -0.466. The molecule has 152 valence electrons. The Balaban J connectivity index is 0.000000755. The molecule has 0 saturated carbocycles. The number of fused-ring (bicyclic) bond motifs is 1. The van der Waals surface area contributed by atoms with Gasteiger partial charge in [-0.05, 0) is 19.2 Å². The fraction of sp³-hybridized carbons (Fsp3) is 0.316. The van der Waals surface area contributed by atoms with E-state index in [9.17, 15) is 4.79 Å². The van der Waals surface area contributed by atoms with Crippen LogP contribution in [0.5, 0.6) is 0 Å². The number of carboxylic acid groups (broad SMARTS) is 1. The van der Waals surface area contributed by atoms with E-state index in [1.807, 2.05) is 37.4 Å². The molecule has 0 spiro atoms. The standard InChI is InChI=1S/C18H20N6O2.CH2O2/c1-23-8-9-26-14(11-23)18-21-16(10-15(19)25)22-24(18)13-6-2-4-12-5-3-7-20-17(12)13;2-1-3/h2-7,14H,8-11H2,1H3,(H2,19,25);1H,(H,2,3). The van der Waals surface area contributed by atoms with Gasteiger partial charge in [0.25, 0.3) is 6.47 Å². The fourth-order valence-corrected chi connectivity index (χ4v) is 3.18. The number of para-hydroxylation sites is 1. The van der Waals surface area contributed by atoms with Crippen LogP contribution in [0.15, 0.2) is 36.5 Å². The van der Waals surface area contributed by atoms with Crippen molar-refractivity contribution in [3.8, 4) is 5.69 Å². The molecule has 4 rings (SSSR count). The maximum absolute atomic E-state index is 11.3. The summed E-state index contributed by atoms with van der Waals surface area (Å²) >= 11 is 0. The molecule has 3 N–H and O–H groups in total. The summed E-state index contributed by atoms with van der Waals surface area (Å²) < 4.78 is 7.66. The first-order valence-electron chi connectivity index (χ1n) is 8.99. The van der Waals surface area contributed by atoms with Crippen LogP contribution in [-0.2, 0) is 20.7 Å². The molecule has 10 nitrogen and oxygen atoms in total. The number of likely N-dealkylation sites (N-methyl/N-ethyl adjacent to an activating group) is 1. The van der Waals surface area contributed by atoms with Crippen molar-refractivity contribution in [2.75, 3.05) is 26.7 Å². The van der Waals surface area contributed by atoms with E-state index in [1.54, 1.807) is 10.9 Å². The van der Waals surface area contributed by atoms with Crippen LogP contribution in [0.3, 0.4) is 0 Å². The number of morpholine rings is 1. The predicted octanol–water partition coefficient (Wildman–Crippen LogP) is 0.547. The van der Waals surface area contributed by atoms with E-state index in [0.29, 0.717) is 24.8 Å². The van der Waals surface area contributed by atoms with Gasteiger partial charge in [0.1, 0.15) is 6.10 Å². The van der Waals surface area contributed by atoms with Crippen molar-refractivity contribution in [1.29, 1.82) is 0 Å². The summed E-state index contributed by atoms with van der Waals surface area (Å²) in [4.78, 5) is 31.0. The molecule has 1 aromatic carbocycles. The second-order valence-corrected chi connectivity index (χ2v) is 6.52. The first-order valence-corrected chi connectivity index (χ1v) is 8.99. The number of hydrogen-bond donors (Lipinski definition) is 2. The Kier molecular flexibility index (Phi) is 6.47. The highest BCUT2D eigenvalue weighted by molar-refractivity contribution is 5.86. The van der Waals surface area contributed by atoms with E-state index < -0.39 is 5.91 Å². The number of carbonyl (C=O) groups is 2. The van der Waals surface area contributed by atoms with Gasteiger partial charge in [-0.25, -0.2) is 9.67 Å². The van der Waals surface area contributed by atoms with Gasteiger partial charge >= 0.3 is 0 Å². The van der Waals surface area contributed by atoms with Gasteiger partial charge in [-0.2, -0.15) is 5.10 Å². The SMILES string of the molecule is CN1CCOC(c2nc(CC(N)=O)nn2-c2cccc3cccnc23)C1.O=CO. The smallest absolute Gasteiger partial charge is 0.290 e. The lowest BCUT2D eigenvalue weighted by molar-refractivity contribution is -0.123. The molecule has 1 aliphatic heterocycles. The molecule has 1 fully saturated rings. The van der Waals surface area contributed by atoms with E-state index in [1.165, 1.54) is 0 Å². The zero-order valence-electron chi connectivity index (χ0n) is 15.9. The quantitative estimate of drug-likeness (QED) is 0.608. The van der Waals surface area contributed by atoms with Crippen LogP contribution in [0, 0.1) is 0 Å². The maximum Gasteiger partial charge on any atom is 0.290 e. The normalized spacial score (nSPS) is 16.8. The molecule has 1 amide bonds. The van der Waals surface area contributed by atoms with E-state index in [4.69, 9.17) is 20.4 Å². The van der Waals surface area contributed by atoms with Crippen LogP contribution in [0.2, 0.25) is 0 Å². The number of primary amides is 1. The molecule has 1 unspecified atom stereocenters. The third-order valence-electron chi connectivity index (χ3n) is 4.41. The lowest BCUT2D eigenvalue weighted by Crippen LogP contribution is -2.36. The van der Waals surface area contributed by atoms with Gasteiger partial charge in [-0.1, -0.05) is 18.2 Å². The Bertz CT molecular complexity index is 1000. The summed E-state index contributed by atoms with van der Waals surface area (Å²) in [5.41, 5.74) is 6.95. The van der Waals surface area contributed by atoms with E-state index >= 15 is 0 Å². The Morgan fingerprint density at radius 2 is 2.14 bits per heavy atom. The molecule has 1 saturated heterocycles. The highest BCUT2D eigenvalue weighted by Crippen LogP contribution is 2.26. The maximum atomic E-state index is 11.3. The molecule has 2 aromatic heterocycles. The number of carbonyl (C=O) groups excluding carboxylic acids is 1. The molecule has 3 aromatic rings. The van der Waals surface area contributed by atoms with Crippen molar-refractivity contribution in [3.05, 3.63) is 48.2 Å². The van der Waals surface area contributed by atoms with Crippen LogP contribution in [0.4, 0.5) is 0 Å². The average molecular weight is 398 g/mol. The number of nitrogens with two attached hydrogens (primary N) is 1. The van der Waals surface area contributed by atoms with Gasteiger partial charge in [-0.3, -0.25) is 14.6 Å². The summed E-state index contributed by atoms with van der Waals surface area (Å²) in [6.45, 7) is 1.94. The van der Waals surface area contributed by atoms with Crippen LogP contribution in [-0.4, -0.2) is 68.9 Å². The lowest BCUT2D eigenvalue weighted by Gasteiger charge is -2.29. The number of pyridine rings is 1. The monoisotopic (exact) mass is 398 g/mol. The number of aromatic nitrogens is 4. The van der Waals surface area contributed by atoms with Crippen LogP contribution >= 0.6 is 0 Å². The predicted molar refractivity (Wildman–Crippen MR) is 104 cm³/mol. The molecule has 3 heterocycles. The molecule has 0 bridgehead atoms. The van der Waals surface area contributed by atoms with Crippen molar-refractivity contribution in [3.63, 3.8) is 0 Å². The van der Waals surface area contributed by atoms with Gasteiger partial charge in [0.15, 0.2) is 11.6 Å². The van der Waals surface area contributed by atoms with Crippen LogP contribution in [0.25, 0.3) is 16.6 Å². The first-order chi connectivity index (χ1) is 14.0. The van der Waals surface area contributed by atoms with Crippen LogP contribution in [0.1, 0.15) is 17.8 Å². The van der Waals surface area contributed by atoms with Crippen molar-refractivity contribution >= 4 is 23.3 Å². The zero-order chi connectivity index (χ0) is 20.8. The Labute approximate surface area is 166 Å². The number of nitrogens with zero attached hydrogens (tertiary/aromatic N) is 5. The second kappa shape index (κ2) is 9.22. The average Bonchev–Trinajstić information content (AvgIpc) is 3.11. The minimum Gasteiger partial charge on any atom is -0.483 e. The van der Waals surface area contributed by atoms with E-state index in [2.05, 4.69) is 20.0 Å². The Hall–Kier alpha value is -3.37. The fourth-order valence-electron chi connectivity index (χ4n) is 3.18. The van der Waals surface area contributed by atoms with E-state index in [0.717, 1.165) is 23.1 Å². The summed E-state index contributed by atoms with van der Waals surface area (Å²) in [6.07, 6.45) is 1.50. The van der Waals surface area contributed by atoms with Gasteiger partial charge < -0.3 is 20.5 Å². The topological polar surface area (TPSA) is 136 Å². The van der Waals surface area contributed by atoms with Gasteiger partial charge in [0.05, 0.1) is 24.2 Å². The molecular formula is C19H22N6O4. The lowest BCUT2D eigenvalue weighted by atomic mass is 10.2. The summed E-state index contributed by atoms with van der Waals surface area (Å²) in [5.74, 6) is 0.578. The van der Waals surface area contributed by atoms with Gasteiger partial charge in [-0.15, -0.1) is 0 Å². The summed E-state index contributed by atoms with van der Waals surface area (Å²) in [5, 5.41) is 12.4. The molecule has 0 aliphatic carbocycles. The van der Waals surface area contributed by atoms with Crippen molar-refractivity contribution < 1.29 is 19.4 Å². The Morgan fingerprint density at radius 1 is 1.38 bits per heavy atom. The highest BCUT2D eigenvalue weighted by atomic mass is 16.5. The van der Waals surface area contributed by atoms with Gasteiger partial charge in [0.2, 0.25) is 5.91 Å². The number of rotatable bonds is 4. The van der Waals surface area contributed by atoms with Gasteiger partial charge in [0, 0.05) is 24.7 Å². The van der Waals surface area contributed by atoms with Crippen molar-refractivity contribution in [1.82, 2.24) is 24.6 Å². The highest BCUT2D eigenvalue weighted by Gasteiger charge is 2.27. The Morgan fingerprint density at radius 3 is 2.86 bits per heavy atom. The third kappa shape index (κ3) is 4.73. The van der Waals surface area contributed by atoms with Crippen LogP contribution < -0.4 is 5.73 Å². The van der Waals surface area contributed by atoms with Crippen molar-refractivity contribution in [2.24, 2.45) is 5.73 Å². The molecular weight excluding hydrogens is 376 g/mol. The second-order valence-electron chi connectivity index (χ2n) is 6.52. The number of amides is 1. The van der Waals surface area contributed by atoms with E-state index in [-0.39, 0.29) is 19.0 Å². The number of hydrogen-bond acceptors (Lipinski definition) is 7. The number of benzene rings is 1. The molecule has 1 aliphatic rings. The first kappa shape index (κ1) is 20.4. The molecule has 1 atom stereocenters. The largest absolute Gasteiger partial charge is 0.483 e. The molecule has 29 heavy (non-hydrogen) atoms. The molecule has 10 heteroatoms. The third-order valence-corrected chi connectivity index (χ3v) is 4.41. The zero-order valence-corrected chi connectivity index (χ0v) is 15.9. The molecule has 0 radical (unpaired) electrons. The van der Waals surface area contributed by atoms with Crippen molar-refractivity contribution in [2.45, 2.75) is 12.5 Å². The minimum absolute atomic E-state index is 0.0131. The summed E-state index contributed by atoms with van der Waals surface area (Å²) in [7, 11) is 2.04. The summed E-state index contributed by atoms with van der Waals surface area (Å²) in [6, 6.07) is 9.78. The number of ether oxygens (including phenoxy) is 1.